The zero-order valence-electron chi connectivity index (χ0n) is 11.4. The van der Waals surface area contributed by atoms with Gasteiger partial charge in [-0.05, 0) is 19.3 Å². The molecule has 1 unspecified atom stereocenters. The number of carboxylic acid groups (broad SMARTS) is 1. The summed E-state index contributed by atoms with van der Waals surface area (Å²) in [6.45, 7) is 1.73. The van der Waals surface area contributed by atoms with Crippen LogP contribution in [0.2, 0.25) is 0 Å². The van der Waals surface area contributed by atoms with Crippen LogP contribution in [0, 0.1) is 0 Å². The number of thioether (sulfide) groups is 1. The summed E-state index contributed by atoms with van der Waals surface area (Å²) in [5, 5.41) is 18.0. The minimum absolute atomic E-state index is 0.0194. The summed E-state index contributed by atoms with van der Waals surface area (Å²) < 4.78 is 7.49. The van der Waals surface area contributed by atoms with Crippen LogP contribution in [-0.2, 0) is 9.53 Å². The van der Waals surface area contributed by atoms with Crippen molar-refractivity contribution >= 4 is 23.7 Å². The summed E-state index contributed by atoms with van der Waals surface area (Å²) in [5.41, 5.74) is 0. The lowest BCUT2D eigenvalue weighted by Gasteiger charge is -2.18. The molecular weight excluding hydrogens is 280 g/mol. The number of methoxy groups -OCH3 is 1. The van der Waals surface area contributed by atoms with Crippen LogP contribution < -0.4 is 4.90 Å². The van der Waals surface area contributed by atoms with Crippen molar-refractivity contribution in [2.24, 2.45) is 0 Å². The van der Waals surface area contributed by atoms with E-state index in [-0.39, 0.29) is 11.9 Å². The fraction of sp³-hybridized carbons (Fsp3) is 0.750. The first-order valence-corrected chi connectivity index (χ1v) is 7.75. The number of carbonyl (C=O) groups is 1. The highest BCUT2D eigenvalue weighted by atomic mass is 32.2. The topological polar surface area (TPSA) is 80.5 Å². The fourth-order valence-corrected chi connectivity index (χ4v) is 3.19. The standard InChI is InChI=1S/C12H18N4O3S/c1-19-9-4-5-15(6-9)11-13-14-12(20-7-10(17)18)16(11)8-2-3-8/h8-9H,2-7H2,1H3,(H,17,18). The summed E-state index contributed by atoms with van der Waals surface area (Å²) in [4.78, 5) is 12.9. The van der Waals surface area contributed by atoms with Gasteiger partial charge < -0.3 is 14.7 Å². The summed E-state index contributed by atoms with van der Waals surface area (Å²) in [6, 6.07) is 0.429. The maximum absolute atomic E-state index is 10.7. The van der Waals surface area contributed by atoms with Crippen LogP contribution in [0.1, 0.15) is 25.3 Å². The first kappa shape index (κ1) is 13.7. The van der Waals surface area contributed by atoms with Gasteiger partial charge in [0.05, 0.1) is 11.9 Å². The SMILES string of the molecule is COC1CCN(c2nnc(SCC(=O)O)n2C2CC2)C1. The van der Waals surface area contributed by atoms with Gasteiger partial charge in [-0.25, -0.2) is 0 Å². The smallest absolute Gasteiger partial charge is 0.313 e. The van der Waals surface area contributed by atoms with Crippen LogP contribution in [0.25, 0.3) is 0 Å². The highest BCUT2D eigenvalue weighted by Gasteiger charge is 2.34. The highest BCUT2D eigenvalue weighted by Crippen LogP contribution is 2.41. The van der Waals surface area contributed by atoms with Crippen molar-refractivity contribution in [3.05, 3.63) is 0 Å². The van der Waals surface area contributed by atoms with Gasteiger partial charge >= 0.3 is 5.97 Å². The third-order valence-corrected chi connectivity index (χ3v) is 4.57. The Balaban J connectivity index is 1.78. The monoisotopic (exact) mass is 298 g/mol. The number of aromatic nitrogens is 3. The van der Waals surface area contributed by atoms with Gasteiger partial charge in [0.25, 0.3) is 0 Å². The Bertz CT molecular complexity index is 503. The van der Waals surface area contributed by atoms with E-state index in [4.69, 9.17) is 9.84 Å². The maximum Gasteiger partial charge on any atom is 0.313 e. The summed E-state index contributed by atoms with van der Waals surface area (Å²) in [6.07, 6.45) is 3.47. The molecule has 2 aliphatic rings. The van der Waals surface area contributed by atoms with Gasteiger partial charge in [0, 0.05) is 26.2 Å². The Labute approximate surface area is 121 Å². The quantitative estimate of drug-likeness (QED) is 0.785. The highest BCUT2D eigenvalue weighted by molar-refractivity contribution is 7.99. The molecule has 110 valence electrons. The van der Waals surface area contributed by atoms with Crippen molar-refractivity contribution < 1.29 is 14.6 Å². The maximum atomic E-state index is 10.7. The number of nitrogens with zero attached hydrogens (tertiary/aromatic N) is 4. The van der Waals surface area contributed by atoms with E-state index in [1.807, 2.05) is 0 Å². The van der Waals surface area contributed by atoms with E-state index in [9.17, 15) is 4.79 Å². The van der Waals surface area contributed by atoms with E-state index < -0.39 is 5.97 Å². The third-order valence-electron chi connectivity index (χ3n) is 3.64. The minimum Gasteiger partial charge on any atom is -0.481 e. The lowest BCUT2D eigenvalue weighted by molar-refractivity contribution is -0.133. The molecule has 1 N–H and O–H groups in total. The van der Waals surface area contributed by atoms with E-state index in [0.29, 0.717) is 11.2 Å². The molecule has 1 aromatic heterocycles. The molecule has 0 radical (unpaired) electrons. The van der Waals surface area contributed by atoms with E-state index in [2.05, 4.69) is 19.7 Å². The molecule has 0 bridgehead atoms. The molecule has 1 aliphatic heterocycles. The van der Waals surface area contributed by atoms with Gasteiger partial charge in [-0.1, -0.05) is 11.8 Å². The molecule has 8 heteroatoms. The molecule has 1 saturated heterocycles. The Morgan fingerprint density at radius 3 is 2.85 bits per heavy atom. The molecule has 1 atom stereocenters. The Kier molecular flexibility index (Phi) is 3.84. The number of carboxylic acids is 1. The van der Waals surface area contributed by atoms with Crippen molar-refractivity contribution in [1.29, 1.82) is 0 Å². The summed E-state index contributed by atoms with van der Waals surface area (Å²) in [5.74, 6) is 0.0494. The van der Waals surface area contributed by atoms with E-state index in [1.54, 1.807) is 7.11 Å². The van der Waals surface area contributed by atoms with Gasteiger partial charge in [-0.3, -0.25) is 9.36 Å². The zero-order chi connectivity index (χ0) is 14.1. The Morgan fingerprint density at radius 1 is 1.45 bits per heavy atom. The number of rotatable bonds is 6. The van der Waals surface area contributed by atoms with E-state index >= 15 is 0 Å². The molecule has 1 saturated carbocycles. The lowest BCUT2D eigenvalue weighted by atomic mass is 10.3. The number of hydrogen-bond donors (Lipinski definition) is 1. The molecular formula is C12H18N4O3S. The first-order chi connectivity index (χ1) is 9.69. The van der Waals surface area contributed by atoms with Crippen LogP contribution in [-0.4, -0.2) is 57.9 Å². The average Bonchev–Trinajstić information content (AvgIpc) is 3.01. The van der Waals surface area contributed by atoms with Gasteiger partial charge in [0.1, 0.15) is 0 Å². The normalized spacial score (nSPS) is 22.4. The number of aliphatic carboxylic acids is 1. The largest absolute Gasteiger partial charge is 0.481 e. The predicted octanol–water partition coefficient (Wildman–Crippen LogP) is 1.01. The van der Waals surface area contributed by atoms with Gasteiger partial charge in [0.2, 0.25) is 5.95 Å². The first-order valence-electron chi connectivity index (χ1n) is 6.76. The molecule has 0 aromatic carbocycles. The second-order valence-corrected chi connectivity index (χ2v) is 6.10. The van der Waals surface area contributed by atoms with Crippen molar-refractivity contribution in [1.82, 2.24) is 14.8 Å². The second-order valence-electron chi connectivity index (χ2n) is 5.16. The van der Waals surface area contributed by atoms with Crippen molar-refractivity contribution in [2.75, 3.05) is 30.9 Å². The third kappa shape index (κ3) is 2.76. The number of ether oxygens (including phenoxy) is 1. The lowest BCUT2D eigenvalue weighted by Crippen LogP contribution is -2.25. The molecule has 2 fully saturated rings. The summed E-state index contributed by atoms with van der Waals surface area (Å²) >= 11 is 1.24. The van der Waals surface area contributed by atoms with Gasteiger partial charge in [-0.2, -0.15) is 0 Å². The molecule has 1 aliphatic carbocycles. The minimum atomic E-state index is -0.831. The fourth-order valence-electron chi connectivity index (χ4n) is 2.46. The molecule has 1 aromatic rings. The number of hydrogen-bond acceptors (Lipinski definition) is 6. The van der Waals surface area contributed by atoms with Crippen molar-refractivity contribution in [3.8, 4) is 0 Å². The summed E-state index contributed by atoms with van der Waals surface area (Å²) in [7, 11) is 1.73. The molecule has 3 rings (SSSR count). The molecule has 0 spiro atoms. The van der Waals surface area contributed by atoms with Crippen LogP contribution >= 0.6 is 11.8 Å². The molecule has 7 nitrogen and oxygen atoms in total. The van der Waals surface area contributed by atoms with Crippen LogP contribution in [0.15, 0.2) is 5.16 Å². The number of anilines is 1. The molecule has 2 heterocycles. The van der Waals surface area contributed by atoms with Crippen LogP contribution in [0.4, 0.5) is 5.95 Å². The van der Waals surface area contributed by atoms with E-state index in [1.165, 1.54) is 11.8 Å². The Hall–Kier alpha value is -1.28. The zero-order valence-corrected chi connectivity index (χ0v) is 12.2. The second kappa shape index (κ2) is 5.61. The van der Waals surface area contributed by atoms with Gasteiger partial charge in [0.15, 0.2) is 5.16 Å². The van der Waals surface area contributed by atoms with Crippen LogP contribution in [0.5, 0.6) is 0 Å². The van der Waals surface area contributed by atoms with Crippen molar-refractivity contribution in [2.45, 2.75) is 36.6 Å². The predicted molar refractivity (Wildman–Crippen MR) is 74.3 cm³/mol. The Morgan fingerprint density at radius 2 is 2.25 bits per heavy atom. The van der Waals surface area contributed by atoms with Gasteiger partial charge in [-0.15, -0.1) is 10.2 Å². The van der Waals surface area contributed by atoms with Crippen LogP contribution in [0.3, 0.4) is 0 Å². The van der Waals surface area contributed by atoms with Crippen molar-refractivity contribution in [3.63, 3.8) is 0 Å². The molecule has 20 heavy (non-hydrogen) atoms. The molecule has 0 amide bonds. The average molecular weight is 298 g/mol. The van der Waals surface area contributed by atoms with E-state index in [0.717, 1.165) is 38.3 Å².